The minimum atomic E-state index is -0.160. The fourth-order valence-electron chi connectivity index (χ4n) is 2.34. The number of anilines is 1. The zero-order chi connectivity index (χ0) is 16.7. The number of hydrogen-bond donors (Lipinski definition) is 2. The van der Waals surface area contributed by atoms with Gasteiger partial charge in [-0.15, -0.1) is 0 Å². The number of nitrogens with zero attached hydrogens (tertiary/aromatic N) is 1. The fourth-order valence-corrected chi connectivity index (χ4v) is 2.34. The summed E-state index contributed by atoms with van der Waals surface area (Å²) in [5, 5.41) is 7.38. The standard InChI is InChI=1S/C19H23N3O/c1-4-17(16-8-6-5-7-9-16)21-22-19(23)13-20-18-11-10-14(2)12-15(18)3/h5-12,20H,4,13H2,1-3H3,(H,22,23)/b21-17+. The monoisotopic (exact) mass is 309 g/mol. The molecule has 0 radical (unpaired) electrons. The summed E-state index contributed by atoms with van der Waals surface area (Å²) in [7, 11) is 0. The summed E-state index contributed by atoms with van der Waals surface area (Å²) in [6, 6.07) is 16.0. The molecule has 0 saturated carbocycles. The van der Waals surface area contributed by atoms with Crippen molar-refractivity contribution in [1.29, 1.82) is 0 Å². The zero-order valence-corrected chi connectivity index (χ0v) is 13.9. The zero-order valence-electron chi connectivity index (χ0n) is 13.9. The van der Waals surface area contributed by atoms with E-state index in [0.717, 1.165) is 28.9 Å². The second-order valence-electron chi connectivity index (χ2n) is 5.48. The van der Waals surface area contributed by atoms with Crippen molar-refractivity contribution in [2.75, 3.05) is 11.9 Å². The highest BCUT2D eigenvalue weighted by Gasteiger charge is 2.04. The Morgan fingerprint density at radius 3 is 2.48 bits per heavy atom. The molecule has 0 heterocycles. The number of hydrazone groups is 1. The largest absolute Gasteiger partial charge is 0.376 e. The van der Waals surface area contributed by atoms with Crippen molar-refractivity contribution in [3.63, 3.8) is 0 Å². The van der Waals surface area contributed by atoms with Gasteiger partial charge in [0.1, 0.15) is 0 Å². The summed E-state index contributed by atoms with van der Waals surface area (Å²) >= 11 is 0. The third-order valence-electron chi connectivity index (χ3n) is 3.58. The van der Waals surface area contributed by atoms with Gasteiger partial charge in [-0.3, -0.25) is 4.79 Å². The Kier molecular flexibility index (Phi) is 5.92. The fraction of sp³-hybridized carbons (Fsp3) is 0.263. The summed E-state index contributed by atoms with van der Waals surface area (Å²) < 4.78 is 0. The van der Waals surface area contributed by atoms with E-state index in [1.54, 1.807) is 0 Å². The lowest BCUT2D eigenvalue weighted by atomic mass is 10.1. The molecule has 0 aliphatic heterocycles. The van der Waals surface area contributed by atoms with Crippen molar-refractivity contribution in [2.45, 2.75) is 27.2 Å². The Bertz CT molecular complexity index is 693. The minimum absolute atomic E-state index is 0.160. The van der Waals surface area contributed by atoms with Crippen molar-refractivity contribution in [3.8, 4) is 0 Å². The molecule has 1 amide bonds. The average Bonchev–Trinajstić information content (AvgIpc) is 2.55. The van der Waals surface area contributed by atoms with Crippen LogP contribution in [0.5, 0.6) is 0 Å². The van der Waals surface area contributed by atoms with Gasteiger partial charge >= 0.3 is 0 Å². The van der Waals surface area contributed by atoms with Gasteiger partial charge in [-0.2, -0.15) is 5.10 Å². The molecule has 0 atom stereocenters. The van der Waals surface area contributed by atoms with E-state index in [9.17, 15) is 4.79 Å². The summed E-state index contributed by atoms with van der Waals surface area (Å²) in [4.78, 5) is 12.0. The third-order valence-corrected chi connectivity index (χ3v) is 3.58. The van der Waals surface area contributed by atoms with Crippen LogP contribution in [0, 0.1) is 13.8 Å². The van der Waals surface area contributed by atoms with E-state index in [4.69, 9.17) is 0 Å². The van der Waals surface area contributed by atoms with Crippen LogP contribution >= 0.6 is 0 Å². The molecule has 120 valence electrons. The van der Waals surface area contributed by atoms with Gasteiger partial charge < -0.3 is 5.32 Å². The Morgan fingerprint density at radius 2 is 1.83 bits per heavy atom. The SMILES string of the molecule is CC/C(=N\NC(=O)CNc1ccc(C)cc1C)c1ccccc1. The highest BCUT2D eigenvalue weighted by atomic mass is 16.2. The molecule has 0 unspecified atom stereocenters. The van der Waals surface area contributed by atoms with Gasteiger partial charge in [0, 0.05) is 5.69 Å². The van der Waals surface area contributed by atoms with Crippen LogP contribution < -0.4 is 10.7 Å². The van der Waals surface area contributed by atoms with Gasteiger partial charge in [-0.25, -0.2) is 5.43 Å². The van der Waals surface area contributed by atoms with E-state index in [1.165, 1.54) is 5.56 Å². The maximum atomic E-state index is 12.0. The molecule has 0 saturated heterocycles. The molecule has 2 rings (SSSR count). The molecular weight excluding hydrogens is 286 g/mol. The number of aryl methyl sites for hydroxylation is 2. The number of carbonyl (C=O) groups is 1. The molecule has 0 bridgehead atoms. The number of nitrogens with one attached hydrogen (secondary N) is 2. The van der Waals surface area contributed by atoms with Gasteiger partial charge in [0.05, 0.1) is 12.3 Å². The summed E-state index contributed by atoms with van der Waals surface area (Å²) in [5.41, 5.74) is 7.81. The van der Waals surface area contributed by atoms with Gasteiger partial charge in [0.25, 0.3) is 5.91 Å². The van der Waals surface area contributed by atoms with Crippen molar-refractivity contribution in [2.24, 2.45) is 5.10 Å². The number of amides is 1. The average molecular weight is 309 g/mol. The van der Waals surface area contributed by atoms with E-state index in [0.29, 0.717) is 0 Å². The molecule has 0 fully saturated rings. The normalized spacial score (nSPS) is 11.2. The molecule has 23 heavy (non-hydrogen) atoms. The highest BCUT2D eigenvalue weighted by molar-refractivity contribution is 6.00. The first kappa shape index (κ1) is 16.7. The van der Waals surface area contributed by atoms with Gasteiger partial charge in [-0.05, 0) is 37.5 Å². The molecule has 0 spiro atoms. The number of benzene rings is 2. The van der Waals surface area contributed by atoms with Crippen LogP contribution in [0.3, 0.4) is 0 Å². The first-order valence-corrected chi connectivity index (χ1v) is 7.82. The summed E-state index contributed by atoms with van der Waals surface area (Å²) in [5.74, 6) is -0.160. The Balaban J connectivity index is 1.92. The van der Waals surface area contributed by atoms with Crippen LogP contribution in [-0.2, 0) is 4.79 Å². The molecule has 0 aromatic heterocycles. The van der Waals surface area contributed by atoms with E-state index in [-0.39, 0.29) is 12.5 Å². The molecule has 2 N–H and O–H groups in total. The van der Waals surface area contributed by atoms with Crippen LogP contribution in [0.1, 0.15) is 30.0 Å². The van der Waals surface area contributed by atoms with Crippen molar-refractivity contribution < 1.29 is 4.79 Å². The summed E-state index contributed by atoms with van der Waals surface area (Å²) in [6.45, 7) is 6.29. The quantitative estimate of drug-likeness (QED) is 0.632. The summed E-state index contributed by atoms with van der Waals surface area (Å²) in [6.07, 6.45) is 0.759. The van der Waals surface area contributed by atoms with Crippen LogP contribution in [0.15, 0.2) is 53.6 Å². The smallest absolute Gasteiger partial charge is 0.259 e. The molecule has 2 aromatic carbocycles. The first-order chi connectivity index (χ1) is 11.1. The van der Waals surface area contributed by atoms with Crippen LogP contribution in [0.25, 0.3) is 0 Å². The Labute approximate surface area is 137 Å². The van der Waals surface area contributed by atoms with Crippen molar-refractivity contribution in [1.82, 2.24) is 5.43 Å². The molecular formula is C19H23N3O. The van der Waals surface area contributed by atoms with E-state index in [2.05, 4.69) is 21.9 Å². The number of hydrogen-bond acceptors (Lipinski definition) is 3. The lowest BCUT2D eigenvalue weighted by molar-refractivity contribution is -0.119. The third kappa shape index (κ3) is 4.95. The van der Waals surface area contributed by atoms with E-state index >= 15 is 0 Å². The molecule has 4 heteroatoms. The van der Waals surface area contributed by atoms with Crippen LogP contribution in [0.4, 0.5) is 5.69 Å². The first-order valence-electron chi connectivity index (χ1n) is 7.82. The minimum Gasteiger partial charge on any atom is -0.376 e. The molecule has 4 nitrogen and oxygen atoms in total. The predicted molar refractivity (Wildman–Crippen MR) is 95.8 cm³/mol. The molecule has 0 aliphatic rings. The van der Waals surface area contributed by atoms with E-state index < -0.39 is 0 Å². The topological polar surface area (TPSA) is 53.5 Å². The highest BCUT2D eigenvalue weighted by Crippen LogP contribution is 2.15. The van der Waals surface area contributed by atoms with Gasteiger partial charge in [-0.1, -0.05) is 55.0 Å². The molecule has 2 aromatic rings. The van der Waals surface area contributed by atoms with Crippen LogP contribution in [0.2, 0.25) is 0 Å². The lowest BCUT2D eigenvalue weighted by Crippen LogP contribution is -2.27. The Hall–Kier alpha value is -2.62. The van der Waals surface area contributed by atoms with E-state index in [1.807, 2.05) is 63.2 Å². The number of carbonyl (C=O) groups excluding carboxylic acids is 1. The lowest BCUT2D eigenvalue weighted by Gasteiger charge is -2.10. The van der Waals surface area contributed by atoms with Crippen LogP contribution in [-0.4, -0.2) is 18.2 Å². The number of rotatable bonds is 6. The maximum Gasteiger partial charge on any atom is 0.259 e. The molecule has 0 aliphatic carbocycles. The van der Waals surface area contributed by atoms with Gasteiger partial charge in [0.2, 0.25) is 0 Å². The van der Waals surface area contributed by atoms with Crippen molar-refractivity contribution in [3.05, 3.63) is 65.2 Å². The maximum absolute atomic E-state index is 12.0. The van der Waals surface area contributed by atoms with Crippen molar-refractivity contribution >= 4 is 17.3 Å². The second-order valence-corrected chi connectivity index (χ2v) is 5.48. The Morgan fingerprint density at radius 1 is 1.09 bits per heavy atom. The van der Waals surface area contributed by atoms with Gasteiger partial charge in [0.15, 0.2) is 0 Å². The predicted octanol–water partition coefficient (Wildman–Crippen LogP) is 3.65. The second kappa shape index (κ2) is 8.13.